The van der Waals surface area contributed by atoms with Crippen LogP contribution >= 0.6 is 0 Å². The number of ketones is 1. The van der Waals surface area contributed by atoms with Crippen LogP contribution in [0.25, 0.3) is 0 Å². The van der Waals surface area contributed by atoms with Crippen LogP contribution in [-0.2, 0) is 19.0 Å². The lowest BCUT2D eigenvalue weighted by Gasteiger charge is -2.15. The first-order valence-electron chi connectivity index (χ1n) is 6.68. The zero-order valence-electron chi connectivity index (χ0n) is 13.4. The van der Waals surface area contributed by atoms with Crippen molar-refractivity contribution in [2.75, 3.05) is 33.4 Å². The molecule has 8 nitrogen and oxygen atoms in total. The summed E-state index contributed by atoms with van der Waals surface area (Å²) in [4.78, 5) is 31.4. The van der Waals surface area contributed by atoms with Gasteiger partial charge in [-0.15, -0.1) is 0 Å². The maximum atomic E-state index is 11.0. The molecule has 0 fully saturated rings. The highest BCUT2D eigenvalue weighted by Crippen LogP contribution is 1.94. The molecule has 0 aromatic heterocycles. The third-order valence-corrected chi connectivity index (χ3v) is 1.78. The number of alkyl carbamates (subject to hydrolysis) is 2. The molecule has 2 N–H and O–H groups in total. The summed E-state index contributed by atoms with van der Waals surface area (Å²) in [5.74, 6) is 0.167. The Morgan fingerprint density at radius 2 is 1.23 bits per heavy atom. The van der Waals surface area contributed by atoms with E-state index in [1.54, 1.807) is 13.8 Å². The molecular weight excluding hydrogens is 292 g/mol. The lowest BCUT2D eigenvalue weighted by Crippen LogP contribution is -2.33. The molecule has 0 atom stereocenters. The molecule has 22 heavy (non-hydrogen) atoms. The number of hydrogen-bond acceptors (Lipinski definition) is 6. The minimum Gasteiger partial charge on any atom is -0.447 e. The maximum absolute atomic E-state index is 11.0. The average Bonchev–Trinajstić information content (AvgIpc) is 2.39. The average molecular weight is 322 g/mol. The Kier molecular flexibility index (Phi) is 19.7. The van der Waals surface area contributed by atoms with Gasteiger partial charge in [-0.25, -0.2) is 9.59 Å². The highest BCUT2D eigenvalue weighted by atomic mass is 16.6. The van der Waals surface area contributed by atoms with Gasteiger partial charge in [0.1, 0.15) is 25.1 Å². The Balaban J connectivity index is -0.000000640. The van der Waals surface area contributed by atoms with Crippen molar-refractivity contribution in [1.82, 2.24) is 10.6 Å². The summed E-state index contributed by atoms with van der Waals surface area (Å²) in [6.45, 7) is 7.67. The standard InChI is InChI=1S/C10H20N2O5.C3H6O.CH4/c1-4-11-9(13)16-6-8(15-3)7-17-10(14)12-5-2;1-3(2)4;/h8H,4-7H2,1-3H3,(H,11,13)(H,12,14);1-2H3;1H4. The van der Waals surface area contributed by atoms with Crippen LogP contribution in [0.3, 0.4) is 0 Å². The molecule has 0 aliphatic rings. The molecule has 8 heteroatoms. The molecule has 0 aliphatic heterocycles. The number of hydrogen-bond donors (Lipinski definition) is 2. The van der Waals surface area contributed by atoms with Gasteiger partial charge in [-0.1, -0.05) is 7.43 Å². The van der Waals surface area contributed by atoms with Gasteiger partial charge in [-0.2, -0.15) is 0 Å². The van der Waals surface area contributed by atoms with Crippen LogP contribution in [0.4, 0.5) is 9.59 Å². The van der Waals surface area contributed by atoms with Gasteiger partial charge in [0.05, 0.1) is 0 Å². The second-order valence-corrected chi connectivity index (χ2v) is 4.02. The predicted octanol–water partition coefficient (Wildman–Crippen LogP) is 1.72. The van der Waals surface area contributed by atoms with Crippen LogP contribution in [0.2, 0.25) is 0 Å². The molecule has 132 valence electrons. The normalized spacial score (nSPS) is 8.82. The molecule has 2 amide bonds. The van der Waals surface area contributed by atoms with Crippen LogP contribution < -0.4 is 10.6 Å². The van der Waals surface area contributed by atoms with Crippen LogP contribution in [0.15, 0.2) is 0 Å². The number of Topliss-reactive ketones (excluding diaryl/α,β-unsaturated/α-hetero) is 1. The summed E-state index contributed by atoms with van der Waals surface area (Å²) in [5, 5.41) is 4.95. The number of amides is 2. The van der Waals surface area contributed by atoms with Crippen molar-refractivity contribution >= 4 is 18.0 Å². The maximum Gasteiger partial charge on any atom is 0.407 e. The summed E-state index contributed by atoms with van der Waals surface area (Å²) in [7, 11) is 1.45. The van der Waals surface area contributed by atoms with Gasteiger partial charge in [0.2, 0.25) is 0 Å². The van der Waals surface area contributed by atoms with Crippen LogP contribution in [0, 0.1) is 0 Å². The topological polar surface area (TPSA) is 103 Å². The van der Waals surface area contributed by atoms with E-state index in [9.17, 15) is 14.4 Å². The Bertz CT molecular complexity index is 284. The second-order valence-electron chi connectivity index (χ2n) is 4.02. The lowest BCUT2D eigenvalue weighted by atomic mass is 10.4. The van der Waals surface area contributed by atoms with Gasteiger partial charge in [-0.3, -0.25) is 0 Å². The quantitative estimate of drug-likeness (QED) is 0.740. The van der Waals surface area contributed by atoms with E-state index in [4.69, 9.17) is 14.2 Å². The van der Waals surface area contributed by atoms with Gasteiger partial charge in [0, 0.05) is 20.2 Å². The minimum absolute atomic E-state index is 0. The fourth-order valence-electron chi connectivity index (χ4n) is 0.912. The number of carbonyl (C=O) groups is 3. The van der Waals surface area contributed by atoms with E-state index in [0.29, 0.717) is 13.1 Å². The van der Waals surface area contributed by atoms with Crippen molar-refractivity contribution in [3.63, 3.8) is 0 Å². The van der Waals surface area contributed by atoms with Crippen molar-refractivity contribution in [3.8, 4) is 0 Å². The van der Waals surface area contributed by atoms with Crippen LogP contribution in [0.5, 0.6) is 0 Å². The van der Waals surface area contributed by atoms with Crippen molar-refractivity contribution in [2.45, 2.75) is 41.2 Å². The molecule has 0 rings (SSSR count). The summed E-state index contributed by atoms with van der Waals surface area (Å²) >= 11 is 0. The molecule has 0 saturated carbocycles. The second kappa shape index (κ2) is 17.2. The van der Waals surface area contributed by atoms with Crippen molar-refractivity contribution in [3.05, 3.63) is 0 Å². The Labute approximate surface area is 132 Å². The Morgan fingerprint density at radius 3 is 1.45 bits per heavy atom. The molecule has 0 aromatic carbocycles. The molecule has 0 bridgehead atoms. The van der Waals surface area contributed by atoms with E-state index in [0.717, 1.165) is 0 Å². The SMILES string of the molecule is C.CC(C)=O.CCNC(=O)OCC(COC(=O)NCC)OC. The first kappa shape index (κ1) is 25.1. The van der Waals surface area contributed by atoms with Gasteiger partial charge in [0.25, 0.3) is 0 Å². The lowest BCUT2D eigenvalue weighted by molar-refractivity contribution is -0.115. The molecule has 0 aliphatic carbocycles. The first-order valence-corrected chi connectivity index (χ1v) is 6.68. The Hall–Kier alpha value is -1.83. The van der Waals surface area contributed by atoms with Crippen molar-refractivity contribution < 1.29 is 28.6 Å². The summed E-state index contributed by atoms with van der Waals surface area (Å²) < 4.78 is 14.7. The van der Waals surface area contributed by atoms with Crippen molar-refractivity contribution in [2.24, 2.45) is 0 Å². The number of nitrogens with one attached hydrogen (secondary N) is 2. The molecule has 0 spiro atoms. The number of carbonyl (C=O) groups excluding carboxylic acids is 3. The van der Waals surface area contributed by atoms with Gasteiger partial charge in [0.15, 0.2) is 0 Å². The smallest absolute Gasteiger partial charge is 0.407 e. The minimum atomic E-state index is -0.521. The fourth-order valence-corrected chi connectivity index (χ4v) is 0.912. The van der Waals surface area contributed by atoms with Gasteiger partial charge in [-0.05, 0) is 27.7 Å². The number of methoxy groups -OCH3 is 1. The van der Waals surface area contributed by atoms with E-state index in [2.05, 4.69) is 10.6 Å². The molecule has 0 heterocycles. The molecule has 0 saturated heterocycles. The van der Waals surface area contributed by atoms with E-state index in [-0.39, 0.29) is 26.4 Å². The largest absolute Gasteiger partial charge is 0.447 e. The monoisotopic (exact) mass is 322 g/mol. The summed E-state index contributed by atoms with van der Waals surface area (Å²) in [6, 6.07) is 0. The molecular formula is C14H30N2O6. The van der Waals surface area contributed by atoms with Gasteiger partial charge < -0.3 is 29.6 Å². The zero-order valence-corrected chi connectivity index (χ0v) is 13.4. The highest BCUT2D eigenvalue weighted by Gasteiger charge is 2.13. The molecule has 0 aromatic rings. The van der Waals surface area contributed by atoms with Crippen LogP contribution in [0.1, 0.15) is 35.1 Å². The molecule has 0 unspecified atom stereocenters. The van der Waals surface area contributed by atoms with Gasteiger partial charge >= 0.3 is 12.2 Å². The van der Waals surface area contributed by atoms with Crippen molar-refractivity contribution in [1.29, 1.82) is 0 Å². The number of rotatable bonds is 7. The fraction of sp³-hybridized carbons (Fsp3) is 0.786. The van der Waals surface area contributed by atoms with Crippen LogP contribution in [-0.4, -0.2) is 57.5 Å². The number of ether oxygens (including phenoxy) is 3. The first-order chi connectivity index (χ1) is 9.87. The highest BCUT2D eigenvalue weighted by molar-refractivity contribution is 5.72. The van der Waals surface area contributed by atoms with E-state index >= 15 is 0 Å². The third-order valence-electron chi connectivity index (χ3n) is 1.78. The van der Waals surface area contributed by atoms with E-state index in [1.165, 1.54) is 21.0 Å². The summed E-state index contributed by atoms with van der Waals surface area (Å²) in [5.41, 5.74) is 0. The summed E-state index contributed by atoms with van der Waals surface area (Å²) in [6.07, 6.45) is -1.51. The predicted molar refractivity (Wildman–Crippen MR) is 83.9 cm³/mol. The molecule has 0 radical (unpaired) electrons. The zero-order chi connectivity index (χ0) is 16.7. The Morgan fingerprint density at radius 1 is 0.909 bits per heavy atom. The van der Waals surface area contributed by atoms with E-state index in [1.807, 2.05) is 0 Å². The third kappa shape index (κ3) is 20.5. The van der Waals surface area contributed by atoms with E-state index < -0.39 is 18.3 Å².